The molecule has 2 aliphatic carbocycles. The van der Waals surface area contributed by atoms with E-state index >= 15 is 0 Å². The molecule has 2 atom stereocenters. The zero-order chi connectivity index (χ0) is 30.1. The fourth-order valence-electron chi connectivity index (χ4n) is 4.10. The summed E-state index contributed by atoms with van der Waals surface area (Å²) in [5.74, 6) is -6.47. The van der Waals surface area contributed by atoms with E-state index in [9.17, 15) is 11.0 Å². The summed E-state index contributed by atoms with van der Waals surface area (Å²) in [5.41, 5.74) is 0. The van der Waals surface area contributed by atoms with E-state index in [2.05, 4.69) is 5.32 Å². The number of nitrogens with one attached hydrogen (secondary N) is 1. The molecule has 2 saturated carbocycles. The quantitative estimate of drug-likeness (QED) is 0.542. The maximum absolute atomic E-state index is 9.55. The number of carbonyl (C=O) groups is 2. The van der Waals surface area contributed by atoms with Gasteiger partial charge in [-0.3, -0.25) is 0 Å². The van der Waals surface area contributed by atoms with E-state index < -0.39 is 55.6 Å². The van der Waals surface area contributed by atoms with Crippen molar-refractivity contribution < 1.29 is 34.9 Å². The molecule has 160 valence electrons. The molecule has 0 aromatic rings. The van der Waals surface area contributed by atoms with Gasteiger partial charge in [-0.1, -0.05) is 70.4 Å². The average Bonchev–Trinajstić information content (AvgIpc) is 2.86. The lowest BCUT2D eigenvalue weighted by molar-refractivity contribution is -0.134. The first-order valence-corrected chi connectivity index (χ1v) is 10.1. The lowest BCUT2D eigenvalue weighted by atomic mass is 9.67. The third-order valence-electron chi connectivity index (χ3n) is 5.43. The molecule has 1 heterocycles. The second-order valence-corrected chi connectivity index (χ2v) is 7.44. The minimum Gasteiger partial charge on any atom is -0.478 e. The van der Waals surface area contributed by atoms with E-state index in [1.807, 2.05) is 0 Å². The monoisotopic (exact) mass is 404 g/mol. The molecule has 0 aromatic carbocycles. The van der Waals surface area contributed by atoms with Crippen LogP contribution in [-0.2, 0) is 9.59 Å². The Bertz CT molecular complexity index is 868. The molecule has 5 nitrogen and oxygen atoms in total. The summed E-state index contributed by atoms with van der Waals surface area (Å²) >= 11 is 0. The van der Waals surface area contributed by atoms with Crippen molar-refractivity contribution >= 4 is 11.9 Å². The highest BCUT2D eigenvalue weighted by atomic mass is 16.4. The molecule has 1 saturated heterocycles. The molecule has 3 aliphatic rings. The van der Waals surface area contributed by atoms with Gasteiger partial charge in [0.2, 0.25) is 0 Å². The predicted molar refractivity (Wildman–Crippen MR) is 111 cm³/mol. The molecule has 0 radical (unpaired) electrons. The summed E-state index contributed by atoms with van der Waals surface area (Å²) in [6.45, 7) is 0.775. The van der Waals surface area contributed by atoms with E-state index in [4.69, 9.17) is 23.9 Å². The van der Waals surface area contributed by atoms with Crippen LogP contribution >= 0.6 is 0 Å². The maximum Gasteiger partial charge on any atom is 0.328 e. The molecule has 0 amide bonds. The largest absolute Gasteiger partial charge is 0.478 e. The van der Waals surface area contributed by atoms with Crippen LogP contribution in [0.4, 0.5) is 0 Å². The van der Waals surface area contributed by atoms with E-state index in [0.717, 1.165) is 45.1 Å². The molecule has 0 aromatic heterocycles. The fourth-order valence-corrected chi connectivity index (χ4v) is 4.10. The lowest BCUT2D eigenvalue weighted by Crippen LogP contribution is -2.39. The normalized spacial score (nSPS) is 41.6. The molecular weight excluding hydrogens is 354 g/mol. The highest BCUT2D eigenvalue weighted by Gasteiger charge is 2.33. The van der Waals surface area contributed by atoms with Crippen LogP contribution in [0.2, 0.25) is 0 Å². The summed E-state index contributed by atoms with van der Waals surface area (Å²) in [6.07, 6.45) is -8.49. The van der Waals surface area contributed by atoms with Gasteiger partial charge in [-0.2, -0.15) is 0 Å². The number of aliphatic carboxylic acids is 2. The third kappa shape index (κ3) is 8.76. The molecule has 2 unspecified atom stereocenters. The maximum atomic E-state index is 9.55. The molecular formula is C23H39NO4. The Balaban J connectivity index is 0.000000580. The lowest BCUT2D eigenvalue weighted by Gasteiger charge is -2.40. The van der Waals surface area contributed by atoms with Gasteiger partial charge in [0, 0.05) is 33.3 Å². The van der Waals surface area contributed by atoms with Gasteiger partial charge in [0.1, 0.15) is 0 Å². The van der Waals surface area contributed by atoms with Crippen molar-refractivity contribution in [2.24, 2.45) is 17.7 Å². The number of hydrogen-bond acceptors (Lipinski definition) is 3. The minimum absolute atomic E-state index is 0.0649. The molecule has 28 heavy (non-hydrogen) atoms. The van der Waals surface area contributed by atoms with E-state index in [-0.39, 0.29) is 18.4 Å². The molecule has 5 heteroatoms. The summed E-state index contributed by atoms with van der Waals surface area (Å²) in [4.78, 5) is 19.1. The summed E-state index contributed by atoms with van der Waals surface area (Å²) in [5, 5.41) is 19.0. The van der Waals surface area contributed by atoms with Crippen molar-refractivity contribution in [3.05, 3.63) is 12.2 Å². The fraction of sp³-hybridized carbons (Fsp3) is 0.826. The minimum atomic E-state index is -3.45. The number of rotatable bonds is 6. The molecule has 3 N–H and O–H groups in total. The van der Waals surface area contributed by atoms with Gasteiger partial charge in [-0.15, -0.1) is 0 Å². The van der Waals surface area contributed by atoms with Crippen LogP contribution < -0.4 is 5.32 Å². The van der Waals surface area contributed by atoms with Gasteiger partial charge in [-0.05, 0) is 43.5 Å². The molecule has 3 rings (SSSR count). The first kappa shape index (κ1) is 11.7. The number of carboxylic acid groups (broad SMARTS) is 2. The SMILES string of the molecule is O=C(O)/C=C\C(=O)O.[2H]C1([2H])C([2H])([2H])C([2H])([2H])C([2H])(C(CC2CCCCN2)C2CCCCC2)C([2H])([2H])C1([2H])[2H]. The number of hydrogen-bond donors (Lipinski definition) is 3. The van der Waals surface area contributed by atoms with Crippen molar-refractivity contribution in [2.75, 3.05) is 6.54 Å². The number of piperidine rings is 1. The van der Waals surface area contributed by atoms with Crippen LogP contribution in [0.3, 0.4) is 0 Å². The van der Waals surface area contributed by atoms with Crippen LogP contribution in [0.15, 0.2) is 12.2 Å². The Labute approximate surface area is 185 Å². The zero-order valence-electron chi connectivity index (χ0n) is 27.2. The van der Waals surface area contributed by atoms with Crippen LogP contribution in [0.25, 0.3) is 0 Å². The van der Waals surface area contributed by atoms with Gasteiger partial charge in [0.15, 0.2) is 0 Å². The van der Waals surface area contributed by atoms with Crippen molar-refractivity contribution in [1.29, 1.82) is 0 Å². The van der Waals surface area contributed by atoms with Gasteiger partial charge in [0.25, 0.3) is 0 Å². The van der Waals surface area contributed by atoms with Crippen LogP contribution in [-0.4, -0.2) is 34.7 Å². The Morgan fingerprint density at radius 1 is 0.964 bits per heavy atom. The predicted octanol–water partition coefficient (Wildman–Crippen LogP) is 5.01. The molecule has 0 bridgehead atoms. The Kier molecular flexibility index (Phi) is 5.43. The summed E-state index contributed by atoms with van der Waals surface area (Å²) in [7, 11) is 0. The van der Waals surface area contributed by atoms with E-state index in [1.54, 1.807) is 0 Å². The van der Waals surface area contributed by atoms with Gasteiger partial charge in [-0.25, -0.2) is 9.59 Å². The summed E-state index contributed by atoms with van der Waals surface area (Å²) in [6, 6.07) is -0.0649. The molecule has 0 spiro atoms. The topological polar surface area (TPSA) is 86.6 Å². The first-order valence-electron chi connectivity index (χ1n) is 15.6. The molecule has 3 fully saturated rings. The van der Waals surface area contributed by atoms with Crippen LogP contribution in [0.1, 0.15) is 105 Å². The number of carboxylic acids is 2. The second kappa shape index (κ2) is 13.0. The van der Waals surface area contributed by atoms with Crippen LogP contribution in [0.5, 0.6) is 0 Å². The second-order valence-electron chi connectivity index (χ2n) is 7.44. The highest BCUT2D eigenvalue weighted by molar-refractivity contribution is 5.89. The zero-order valence-corrected chi connectivity index (χ0v) is 16.2. The van der Waals surface area contributed by atoms with Crippen LogP contribution in [0, 0.1) is 17.7 Å². The smallest absolute Gasteiger partial charge is 0.328 e. The van der Waals surface area contributed by atoms with Crippen molar-refractivity contribution in [1.82, 2.24) is 5.32 Å². The van der Waals surface area contributed by atoms with Crippen molar-refractivity contribution in [3.63, 3.8) is 0 Å². The van der Waals surface area contributed by atoms with E-state index in [1.165, 1.54) is 0 Å². The molecule has 1 aliphatic heterocycles. The standard InChI is InChI=1S/C19H35N.C4H4O4/c1-3-9-16(10-4-1)19(17-11-5-2-6-12-17)15-18-13-7-8-14-20-18;5-3(6)1-2-4(7)8/h16-20H,1-15H2;1-2H,(H,5,6)(H,7,8)/b;2-1-/i1D2,3D2,4D2,9D2,10D2,16D;. The van der Waals surface area contributed by atoms with Gasteiger partial charge < -0.3 is 15.5 Å². The Hall–Kier alpha value is -1.36. The highest BCUT2D eigenvalue weighted by Crippen LogP contribution is 2.42. The van der Waals surface area contributed by atoms with E-state index in [0.29, 0.717) is 25.0 Å². The van der Waals surface area contributed by atoms with Gasteiger partial charge in [0.05, 0.1) is 0 Å². The van der Waals surface area contributed by atoms with Gasteiger partial charge >= 0.3 is 11.9 Å². The third-order valence-corrected chi connectivity index (χ3v) is 5.43. The first-order chi connectivity index (χ1) is 17.7. The van der Waals surface area contributed by atoms with Crippen molar-refractivity contribution in [2.45, 2.75) is 95.7 Å². The Morgan fingerprint density at radius 3 is 2.11 bits per heavy atom. The van der Waals surface area contributed by atoms with Crippen molar-refractivity contribution in [3.8, 4) is 0 Å². The Morgan fingerprint density at radius 2 is 1.57 bits per heavy atom. The summed E-state index contributed by atoms with van der Waals surface area (Å²) < 4.78 is 93.5. The average molecular weight is 405 g/mol.